The first-order chi connectivity index (χ1) is 6.59. The van der Waals surface area contributed by atoms with Crippen molar-refractivity contribution in [3.05, 3.63) is 29.8 Å². The van der Waals surface area contributed by atoms with Crippen LogP contribution < -0.4 is 4.74 Å². The van der Waals surface area contributed by atoms with Crippen LogP contribution in [0.1, 0.15) is 32.8 Å². The van der Waals surface area contributed by atoms with Crippen LogP contribution in [0.2, 0.25) is 0 Å². The Morgan fingerprint density at radius 2 is 2.00 bits per heavy atom. The molecule has 14 heavy (non-hydrogen) atoms. The molecule has 0 aromatic heterocycles. The van der Waals surface area contributed by atoms with Gasteiger partial charge in [0.25, 0.3) is 0 Å². The largest absolute Gasteiger partial charge is 0.486 e. The summed E-state index contributed by atoms with van der Waals surface area (Å²) in [5, 5.41) is 8.86. The fourth-order valence-corrected chi connectivity index (χ4v) is 1.02. The minimum Gasteiger partial charge on any atom is -0.486 e. The lowest BCUT2D eigenvalue weighted by atomic mass is 10.1. The Hall–Kier alpha value is -1.49. The average Bonchev–Trinajstić information content (AvgIpc) is 2.18. The molecule has 0 aliphatic heterocycles. The Kier molecular flexibility index (Phi) is 3.14. The molecule has 0 atom stereocenters. The Bertz CT molecular complexity index is 350. The van der Waals surface area contributed by atoms with Crippen LogP contribution in [-0.2, 0) is 0 Å². The van der Waals surface area contributed by atoms with Gasteiger partial charge < -0.3 is 4.74 Å². The molecule has 0 amide bonds. The molecular formula is C12H15NO. The van der Waals surface area contributed by atoms with Crippen molar-refractivity contribution in [2.24, 2.45) is 0 Å². The Labute approximate surface area is 85.1 Å². The van der Waals surface area contributed by atoms with Crippen LogP contribution in [0.25, 0.3) is 0 Å². The summed E-state index contributed by atoms with van der Waals surface area (Å²) in [5.74, 6) is 0.668. The van der Waals surface area contributed by atoms with E-state index in [1.165, 1.54) is 0 Å². The van der Waals surface area contributed by atoms with Crippen molar-refractivity contribution in [2.45, 2.75) is 32.8 Å². The van der Waals surface area contributed by atoms with Crippen molar-refractivity contribution in [1.82, 2.24) is 0 Å². The molecule has 0 spiro atoms. The maximum absolute atomic E-state index is 8.86. The van der Waals surface area contributed by atoms with Crippen LogP contribution in [0.5, 0.6) is 5.75 Å². The van der Waals surface area contributed by atoms with Crippen molar-refractivity contribution in [2.75, 3.05) is 0 Å². The van der Waals surface area contributed by atoms with Gasteiger partial charge in [0, 0.05) is 0 Å². The maximum Gasteiger partial charge on any atom is 0.137 e. The number of nitrogens with zero attached hydrogens (tertiary/aromatic N) is 1. The van der Waals surface area contributed by atoms with Crippen molar-refractivity contribution in [1.29, 1.82) is 5.26 Å². The zero-order valence-corrected chi connectivity index (χ0v) is 8.87. The summed E-state index contributed by atoms with van der Waals surface area (Å²) in [7, 11) is 0. The van der Waals surface area contributed by atoms with E-state index in [9.17, 15) is 0 Å². The van der Waals surface area contributed by atoms with Crippen LogP contribution in [0.15, 0.2) is 24.3 Å². The van der Waals surface area contributed by atoms with Gasteiger partial charge in [0.2, 0.25) is 0 Å². The number of ether oxygens (including phenoxy) is 1. The van der Waals surface area contributed by atoms with Crippen LogP contribution in [-0.4, -0.2) is 5.60 Å². The van der Waals surface area contributed by atoms with Gasteiger partial charge in [0.1, 0.15) is 17.4 Å². The SMILES string of the molecule is CCC(C)(C)Oc1ccccc1C#N. The molecule has 2 heteroatoms. The molecule has 0 radical (unpaired) electrons. The number of hydrogen-bond donors (Lipinski definition) is 0. The fraction of sp³-hybridized carbons (Fsp3) is 0.417. The van der Waals surface area contributed by atoms with Gasteiger partial charge in [-0.15, -0.1) is 0 Å². The molecule has 0 aliphatic carbocycles. The second kappa shape index (κ2) is 4.15. The Morgan fingerprint density at radius 3 is 2.57 bits per heavy atom. The highest BCUT2D eigenvalue weighted by molar-refractivity contribution is 5.42. The average molecular weight is 189 g/mol. The summed E-state index contributed by atoms with van der Waals surface area (Å²) in [6.07, 6.45) is 0.909. The van der Waals surface area contributed by atoms with Crippen molar-refractivity contribution in [3.63, 3.8) is 0 Å². The molecule has 1 aromatic rings. The third-order valence-corrected chi connectivity index (χ3v) is 2.25. The van der Waals surface area contributed by atoms with Crippen molar-refractivity contribution >= 4 is 0 Å². The van der Waals surface area contributed by atoms with Crippen LogP contribution in [0.3, 0.4) is 0 Å². The number of rotatable bonds is 3. The monoisotopic (exact) mass is 189 g/mol. The summed E-state index contributed by atoms with van der Waals surface area (Å²) < 4.78 is 5.75. The lowest BCUT2D eigenvalue weighted by Crippen LogP contribution is -2.27. The molecule has 0 aliphatic rings. The smallest absolute Gasteiger partial charge is 0.137 e. The van der Waals surface area contributed by atoms with E-state index >= 15 is 0 Å². The van der Waals surface area contributed by atoms with Gasteiger partial charge in [0.15, 0.2) is 0 Å². The predicted molar refractivity (Wildman–Crippen MR) is 56.2 cm³/mol. The van der Waals surface area contributed by atoms with E-state index in [2.05, 4.69) is 13.0 Å². The molecule has 0 unspecified atom stereocenters. The highest BCUT2D eigenvalue weighted by Gasteiger charge is 2.18. The van der Waals surface area contributed by atoms with Gasteiger partial charge >= 0.3 is 0 Å². The van der Waals surface area contributed by atoms with Gasteiger partial charge in [-0.2, -0.15) is 5.26 Å². The minimum absolute atomic E-state index is 0.215. The first-order valence-electron chi connectivity index (χ1n) is 4.77. The molecule has 1 rings (SSSR count). The maximum atomic E-state index is 8.86. The molecule has 0 saturated heterocycles. The zero-order chi connectivity index (χ0) is 10.6. The molecule has 1 aromatic carbocycles. The van der Waals surface area contributed by atoms with Gasteiger partial charge in [-0.3, -0.25) is 0 Å². The van der Waals surface area contributed by atoms with E-state index in [-0.39, 0.29) is 5.60 Å². The van der Waals surface area contributed by atoms with E-state index in [1.54, 1.807) is 6.07 Å². The third-order valence-electron chi connectivity index (χ3n) is 2.25. The number of hydrogen-bond acceptors (Lipinski definition) is 2. The van der Waals surface area contributed by atoms with E-state index in [1.807, 2.05) is 32.0 Å². The van der Waals surface area contributed by atoms with Crippen LogP contribution in [0.4, 0.5) is 0 Å². The van der Waals surface area contributed by atoms with E-state index in [4.69, 9.17) is 10.00 Å². The van der Waals surface area contributed by atoms with E-state index < -0.39 is 0 Å². The Balaban J connectivity index is 2.92. The molecular weight excluding hydrogens is 174 g/mol. The molecule has 0 bridgehead atoms. The van der Waals surface area contributed by atoms with E-state index in [0.29, 0.717) is 11.3 Å². The van der Waals surface area contributed by atoms with Crippen molar-refractivity contribution in [3.8, 4) is 11.8 Å². The lowest BCUT2D eigenvalue weighted by molar-refractivity contribution is 0.105. The minimum atomic E-state index is -0.215. The van der Waals surface area contributed by atoms with Gasteiger partial charge in [0.05, 0.1) is 5.56 Å². The topological polar surface area (TPSA) is 33.0 Å². The summed E-state index contributed by atoms with van der Waals surface area (Å²) in [4.78, 5) is 0. The Morgan fingerprint density at radius 1 is 1.36 bits per heavy atom. The molecule has 0 saturated carbocycles. The summed E-state index contributed by atoms with van der Waals surface area (Å²) >= 11 is 0. The van der Waals surface area contributed by atoms with E-state index in [0.717, 1.165) is 6.42 Å². The molecule has 0 fully saturated rings. The second-order valence-corrected chi connectivity index (χ2v) is 3.82. The number of para-hydroxylation sites is 1. The van der Waals surface area contributed by atoms with Crippen molar-refractivity contribution < 1.29 is 4.74 Å². The number of benzene rings is 1. The van der Waals surface area contributed by atoms with Crippen LogP contribution in [0, 0.1) is 11.3 Å². The third kappa shape index (κ3) is 2.50. The number of nitriles is 1. The van der Waals surface area contributed by atoms with Gasteiger partial charge in [-0.05, 0) is 32.4 Å². The van der Waals surface area contributed by atoms with Crippen LogP contribution >= 0.6 is 0 Å². The fourth-order valence-electron chi connectivity index (χ4n) is 1.02. The molecule has 0 N–H and O–H groups in total. The molecule has 2 nitrogen and oxygen atoms in total. The predicted octanol–water partition coefficient (Wildman–Crippen LogP) is 3.13. The summed E-state index contributed by atoms with van der Waals surface area (Å²) in [6.45, 7) is 6.09. The highest BCUT2D eigenvalue weighted by Crippen LogP contribution is 2.23. The molecule has 74 valence electrons. The summed E-state index contributed by atoms with van der Waals surface area (Å²) in [6, 6.07) is 9.43. The first kappa shape index (κ1) is 10.6. The van der Waals surface area contributed by atoms with Gasteiger partial charge in [-0.1, -0.05) is 19.1 Å². The van der Waals surface area contributed by atoms with Gasteiger partial charge in [-0.25, -0.2) is 0 Å². The quantitative estimate of drug-likeness (QED) is 0.731. The standard InChI is InChI=1S/C12H15NO/c1-4-12(2,3)14-11-8-6-5-7-10(11)9-13/h5-8H,4H2,1-3H3. The second-order valence-electron chi connectivity index (χ2n) is 3.82. The lowest BCUT2D eigenvalue weighted by Gasteiger charge is -2.25. The first-order valence-corrected chi connectivity index (χ1v) is 4.77. The summed E-state index contributed by atoms with van der Waals surface area (Å²) in [5.41, 5.74) is 0.376. The zero-order valence-electron chi connectivity index (χ0n) is 8.87. The highest BCUT2D eigenvalue weighted by atomic mass is 16.5. The molecule has 0 heterocycles. The normalized spacial score (nSPS) is 10.7.